The highest BCUT2D eigenvalue weighted by molar-refractivity contribution is 5.75. The van der Waals surface area contributed by atoms with Gasteiger partial charge >= 0.3 is 12.4 Å². The van der Waals surface area contributed by atoms with Crippen molar-refractivity contribution in [2.75, 3.05) is 0 Å². The summed E-state index contributed by atoms with van der Waals surface area (Å²) in [5.41, 5.74) is -2.98. The molecule has 0 aliphatic rings. The van der Waals surface area contributed by atoms with Crippen molar-refractivity contribution in [3.05, 3.63) is 34.9 Å². The lowest BCUT2D eigenvalue weighted by Gasteiger charge is -2.14. The Morgan fingerprint density at radius 2 is 1.06 bits per heavy atom. The summed E-state index contributed by atoms with van der Waals surface area (Å²) < 4.78 is 77.4. The first-order valence-corrected chi connectivity index (χ1v) is 12.1. The van der Waals surface area contributed by atoms with E-state index in [1.54, 1.807) is 0 Å². The predicted molar refractivity (Wildman–Crippen MR) is 119 cm³/mol. The second-order valence-electron chi connectivity index (χ2n) is 8.68. The number of rotatable bonds is 16. The maximum atomic E-state index is 12.9. The molecule has 0 spiro atoms. The van der Waals surface area contributed by atoms with Gasteiger partial charge in [-0.1, -0.05) is 84.0 Å². The molecule has 1 rings (SSSR count). The van der Waals surface area contributed by atoms with Crippen LogP contribution < -0.4 is 5.32 Å². The van der Waals surface area contributed by atoms with E-state index in [4.69, 9.17) is 0 Å². The van der Waals surface area contributed by atoms with Crippen molar-refractivity contribution in [2.24, 2.45) is 0 Å². The van der Waals surface area contributed by atoms with Gasteiger partial charge < -0.3 is 5.32 Å². The number of benzene rings is 1. The van der Waals surface area contributed by atoms with Gasteiger partial charge in [-0.25, -0.2) is 0 Å². The van der Waals surface area contributed by atoms with E-state index in [-0.39, 0.29) is 30.5 Å². The van der Waals surface area contributed by atoms with Crippen LogP contribution in [-0.2, 0) is 23.7 Å². The molecule has 33 heavy (non-hydrogen) atoms. The van der Waals surface area contributed by atoms with Gasteiger partial charge in [0.25, 0.3) is 0 Å². The van der Waals surface area contributed by atoms with Crippen molar-refractivity contribution in [2.45, 2.75) is 116 Å². The first-order chi connectivity index (χ1) is 15.5. The van der Waals surface area contributed by atoms with Crippen LogP contribution >= 0.6 is 0 Å². The van der Waals surface area contributed by atoms with E-state index in [9.17, 15) is 31.1 Å². The van der Waals surface area contributed by atoms with Gasteiger partial charge in [-0.2, -0.15) is 26.3 Å². The van der Waals surface area contributed by atoms with Crippen LogP contribution in [0.25, 0.3) is 0 Å². The molecule has 0 radical (unpaired) electrons. The third kappa shape index (κ3) is 13.5. The molecule has 1 N–H and O–H groups in total. The Bertz CT molecular complexity index is 652. The average Bonchev–Trinajstić information content (AvgIpc) is 2.74. The molecule has 2 nitrogen and oxygen atoms in total. The molecule has 0 aliphatic carbocycles. The van der Waals surface area contributed by atoms with Crippen LogP contribution in [0.15, 0.2) is 18.2 Å². The first-order valence-electron chi connectivity index (χ1n) is 12.1. The monoisotopic (exact) mass is 481 g/mol. The van der Waals surface area contributed by atoms with E-state index < -0.39 is 23.5 Å². The van der Waals surface area contributed by atoms with E-state index in [1.165, 1.54) is 57.8 Å². The van der Waals surface area contributed by atoms with Crippen molar-refractivity contribution >= 4 is 5.91 Å². The second-order valence-corrected chi connectivity index (χ2v) is 8.68. The topological polar surface area (TPSA) is 29.1 Å². The van der Waals surface area contributed by atoms with E-state index in [1.807, 2.05) is 0 Å². The molecule has 190 valence electrons. The summed E-state index contributed by atoms with van der Waals surface area (Å²) >= 11 is 0. The Hall–Kier alpha value is -1.73. The number of carbonyl (C=O) groups is 1. The highest BCUT2D eigenvalue weighted by Crippen LogP contribution is 2.36. The Kier molecular flexibility index (Phi) is 13.5. The molecule has 0 unspecified atom stereocenters. The van der Waals surface area contributed by atoms with Crippen LogP contribution in [0.5, 0.6) is 0 Å². The zero-order valence-corrected chi connectivity index (χ0v) is 19.5. The zero-order chi connectivity index (χ0) is 24.7. The summed E-state index contributed by atoms with van der Waals surface area (Å²) in [6.07, 6.45) is 5.61. The number of alkyl halides is 6. The van der Waals surface area contributed by atoms with Gasteiger partial charge in [-0.15, -0.1) is 0 Å². The summed E-state index contributed by atoms with van der Waals surface area (Å²) in [6, 6.07) is 1.36. The predicted octanol–water partition coefficient (Wildman–Crippen LogP) is 8.82. The summed E-state index contributed by atoms with van der Waals surface area (Å²) in [6.45, 7) is 1.84. The number of halogens is 6. The fourth-order valence-electron chi connectivity index (χ4n) is 3.71. The molecule has 1 aromatic carbocycles. The fraction of sp³-hybridized carbons (Fsp3) is 0.720. The van der Waals surface area contributed by atoms with E-state index >= 15 is 0 Å². The molecule has 1 aromatic rings. The minimum Gasteiger partial charge on any atom is -0.352 e. The summed E-state index contributed by atoms with van der Waals surface area (Å²) in [5.74, 6) is -0.371. The zero-order valence-electron chi connectivity index (χ0n) is 19.5. The smallest absolute Gasteiger partial charge is 0.352 e. The van der Waals surface area contributed by atoms with Crippen LogP contribution in [0.4, 0.5) is 26.3 Å². The Balaban J connectivity index is 2.21. The Morgan fingerprint density at radius 3 is 1.45 bits per heavy atom. The number of carbonyl (C=O) groups excluding carboxylic acids is 1. The third-order valence-electron chi connectivity index (χ3n) is 5.64. The van der Waals surface area contributed by atoms with Gasteiger partial charge in [0.05, 0.1) is 11.1 Å². The van der Waals surface area contributed by atoms with Crippen molar-refractivity contribution in [1.82, 2.24) is 5.32 Å². The maximum absolute atomic E-state index is 12.9. The molecule has 0 saturated carbocycles. The number of unbranched alkanes of at least 4 members (excludes halogenated alkanes) is 12. The van der Waals surface area contributed by atoms with Crippen LogP contribution in [0.3, 0.4) is 0 Å². The molecule has 0 saturated heterocycles. The molecule has 1 amide bonds. The van der Waals surface area contributed by atoms with Gasteiger partial charge in [0.1, 0.15) is 0 Å². The van der Waals surface area contributed by atoms with Gasteiger partial charge in [0.15, 0.2) is 0 Å². The SMILES string of the molecule is CCCCCCCCCCCCCCCC(=O)NCc1cc(C(F)(F)F)cc(C(F)(F)F)c1. The first kappa shape index (κ1) is 29.3. The largest absolute Gasteiger partial charge is 0.416 e. The number of hydrogen-bond donors (Lipinski definition) is 1. The third-order valence-corrected chi connectivity index (χ3v) is 5.64. The van der Waals surface area contributed by atoms with E-state index in [2.05, 4.69) is 12.2 Å². The van der Waals surface area contributed by atoms with Crippen molar-refractivity contribution < 1.29 is 31.1 Å². The fourth-order valence-corrected chi connectivity index (χ4v) is 3.71. The van der Waals surface area contributed by atoms with Gasteiger partial charge in [0, 0.05) is 13.0 Å². The van der Waals surface area contributed by atoms with Gasteiger partial charge in [0.2, 0.25) is 5.91 Å². The number of hydrogen-bond acceptors (Lipinski definition) is 1. The molecule has 0 fully saturated rings. The van der Waals surface area contributed by atoms with Crippen LogP contribution in [0.1, 0.15) is 114 Å². The molecular formula is C25H37F6NO. The molecule has 0 aromatic heterocycles. The molecule has 0 bridgehead atoms. The van der Waals surface area contributed by atoms with E-state index in [0.717, 1.165) is 19.3 Å². The lowest BCUT2D eigenvalue weighted by molar-refractivity contribution is -0.143. The number of nitrogens with one attached hydrogen (secondary N) is 1. The van der Waals surface area contributed by atoms with Crippen LogP contribution in [-0.4, -0.2) is 5.91 Å². The van der Waals surface area contributed by atoms with Crippen molar-refractivity contribution in [3.8, 4) is 0 Å². The highest BCUT2D eigenvalue weighted by Gasteiger charge is 2.36. The van der Waals surface area contributed by atoms with Crippen LogP contribution in [0, 0.1) is 0 Å². The van der Waals surface area contributed by atoms with E-state index in [0.29, 0.717) is 18.6 Å². The maximum Gasteiger partial charge on any atom is 0.416 e. The molecule has 0 aliphatic heterocycles. The van der Waals surface area contributed by atoms with Crippen LogP contribution in [0.2, 0.25) is 0 Å². The molecular weight excluding hydrogens is 444 g/mol. The molecule has 0 heterocycles. The summed E-state index contributed by atoms with van der Waals surface area (Å²) in [7, 11) is 0. The standard InChI is InChI=1S/C25H37F6NO/c1-2-3-4-5-6-7-8-9-10-11-12-13-14-15-23(33)32-19-20-16-21(24(26,27)28)18-22(17-20)25(29,30)31/h16-18H,2-15,19H2,1H3,(H,32,33). The van der Waals surface area contributed by atoms with Crippen molar-refractivity contribution in [3.63, 3.8) is 0 Å². The average molecular weight is 482 g/mol. The lowest BCUT2D eigenvalue weighted by Crippen LogP contribution is -2.23. The Morgan fingerprint density at radius 1 is 0.667 bits per heavy atom. The Labute approximate surface area is 193 Å². The number of amides is 1. The second kappa shape index (κ2) is 15.2. The summed E-state index contributed by atoms with van der Waals surface area (Å²) in [5, 5.41) is 2.43. The minimum absolute atomic E-state index is 0.0823. The molecule has 0 atom stereocenters. The quantitative estimate of drug-likeness (QED) is 0.185. The summed E-state index contributed by atoms with van der Waals surface area (Å²) in [4.78, 5) is 11.9. The molecule has 8 heteroatoms. The lowest BCUT2D eigenvalue weighted by atomic mass is 10.0. The van der Waals surface area contributed by atoms with Gasteiger partial charge in [-0.05, 0) is 30.2 Å². The van der Waals surface area contributed by atoms with Gasteiger partial charge in [-0.3, -0.25) is 4.79 Å². The highest BCUT2D eigenvalue weighted by atomic mass is 19.4. The van der Waals surface area contributed by atoms with Crippen molar-refractivity contribution in [1.29, 1.82) is 0 Å². The normalized spacial score (nSPS) is 12.2. The minimum atomic E-state index is -4.89.